The molecule has 0 aliphatic rings. The van der Waals surface area contributed by atoms with Crippen molar-refractivity contribution in [2.45, 2.75) is 33.1 Å². The third kappa shape index (κ3) is 6.38. The number of thiazole rings is 1. The number of nitrogens with one attached hydrogen (secondary N) is 1. The van der Waals surface area contributed by atoms with Gasteiger partial charge in [0, 0.05) is 33.2 Å². The molecule has 39 heavy (non-hydrogen) atoms. The second-order valence-corrected chi connectivity index (χ2v) is 11.6. The van der Waals surface area contributed by atoms with Crippen LogP contribution in [-0.4, -0.2) is 22.0 Å². The van der Waals surface area contributed by atoms with Crippen molar-refractivity contribution < 1.29 is 19.1 Å². The van der Waals surface area contributed by atoms with Gasteiger partial charge in [0.1, 0.15) is 5.82 Å². The van der Waals surface area contributed by atoms with Crippen molar-refractivity contribution in [3.63, 3.8) is 0 Å². The number of carboxylic acid groups (broad SMARTS) is 1. The predicted octanol–water partition coefficient (Wildman–Crippen LogP) is 8.96. The van der Waals surface area contributed by atoms with Crippen LogP contribution in [0.5, 0.6) is 0 Å². The number of hydrogen-bond acceptors (Lipinski definition) is 4. The van der Waals surface area contributed by atoms with Crippen LogP contribution < -0.4 is 5.32 Å². The summed E-state index contributed by atoms with van der Waals surface area (Å²) >= 11 is 13.7. The summed E-state index contributed by atoms with van der Waals surface area (Å²) in [5, 5.41) is 14.0. The normalized spacial score (nSPS) is 11.9. The molecule has 0 spiro atoms. The first-order chi connectivity index (χ1) is 18.3. The molecule has 9 heteroatoms. The average Bonchev–Trinajstić information content (AvgIpc) is 3.33. The van der Waals surface area contributed by atoms with Gasteiger partial charge in [0.15, 0.2) is 5.13 Å². The van der Waals surface area contributed by atoms with Gasteiger partial charge in [-0.05, 0) is 47.7 Å². The Morgan fingerprint density at radius 1 is 1.03 bits per heavy atom. The summed E-state index contributed by atoms with van der Waals surface area (Å²) in [6.07, 6.45) is 1.34. The minimum Gasteiger partial charge on any atom is -0.478 e. The van der Waals surface area contributed by atoms with E-state index in [1.807, 2.05) is 24.3 Å². The van der Waals surface area contributed by atoms with Crippen molar-refractivity contribution in [1.29, 1.82) is 0 Å². The van der Waals surface area contributed by atoms with Crippen LogP contribution in [0.1, 0.15) is 49.2 Å². The lowest BCUT2D eigenvalue weighted by Gasteiger charge is -2.19. The number of carboxylic acids is 1. The number of amides is 1. The third-order valence-electron chi connectivity index (χ3n) is 6.10. The second kappa shape index (κ2) is 11.3. The highest BCUT2D eigenvalue weighted by atomic mass is 35.5. The maximum atomic E-state index is 15.6. The van der Waals surface area contributed by atoms with Gasteiger partial charge in [0.25, 0.3) is 5.91 Å². The number of anilines is 1. The summed E-state index contributed by atoms with van der Waals surface area (Å²) in [5.74, 6) is -2.02. The van der Waals surface area contributed by atoms with E-state index in [9.17, 15) is 9.59 Å². The molecule has 0 aliphatic carbocycles. The second-order valence-electron chi connectivity index (χ2n) is 9.97. The number of hydrogen-bond donors (Lipinski definition) is 2. The third-order valence-corrected chi connectivity index (χ3v) is 7.48. The Balaban J connectivity index is 1.56. The molecule has 3 aromatic carbocycles. The molecule has 4 rings (SSSR count). The van der Waals surface area contributed by atoms with Crippen molar-refractivity contribution in [3.05, 3.63) is 98.1 Å². The molecule has 0 saturated carbocycles. The van der Waals surface area contributed by atoms with Crippen LogP contribution in [-0.2, 0) is 10.2 Å². The number of carbonyl (C=O) groups excluding carboxylic acids is 1. The van der Waals surface area contributed by atoms with E-state index in [0.29, 0.717) is 22.4 Å². The fourth-order valence-corrected chi connectivity index (χ4v) is 5.16. The quantitative estimate of drug-likeness (QED) is 0.222. The summed E-state index contributed by atoms with van der Waals surface area (Å²) < 4.78 is 15.6. The zero-order valence-corrected chi connectivity index (χ0v) is 23.9. The monoisotopic (exact) mass is 582 g/mol. The number of nitrogens with zero attached hydrogens (tertiary/aromatic N) is 1. The van der Waals surface area contributed by atoms with Crippen molar-refractivity contribution in [2.24, 2.45) is 0 Å². The Hall–Kier alpha value is -3.52. The van der Waals surface area contributed by atoms with Crippen LogP contribution in [0.3, 0.4) is 0 Å². The van der Waals surface area contributed by atoms with E-state index in [1.54, 1.807) is 23.6 Å². The van der Waals surface area contributed by atoms with Gasteiger partial charge in [-0.3, -0.25) is 10.1 Å². The molecular formula is C30H25Cl2FN2O3S. The lowest BCUT2D eigenvalue weighted by atomic mass is 9.86. The molecule has 0 fully saturated rings. The lowest BCUT2D eigenvalue weighted by molar-refractivity contribution is -0.132. The number of halogens is 3. The van der Waals surface area contributed by atoms with Gasteiger partial charge in [-0.2, -0.15) is 0 Å². The molecule has 1 aromatic heterocycles. The van der Waals surface area contributed by atoms with E-state index in [-0.39, 0.29) is 31.7 Å². The number of carbonyl (C=O) groups is 2. The van der Waals surface area contributed by atoms with E-state index >= 15 is 4.39 Å². The molecule has 0 radical (unpaired) electrons. The Morgan fingerprint density at radius 3 is 2.23 bits per heavy atom. The van der Waals surface area contributed by atoms with E-state index in [0.717, 1.165) is 22.5 Å². The molecule has 4 aromatic rings. The maximum absolute atomic E-state index is 15.6. The summed E-state index contributed by atoms with van der Waals surface area (Å²) in [5.41, 5.74) is 3.60. The smallest absolute Gasteiger partial charge is 0.331 e. The van der Waals surface area contributed by atoms with E-state index < -0.39 is 17.7 Å². The molecular weight excluding hydrogens is 558 g/mol. The van der Waals surface area contributed by atoms with Crippen LogP contribution in [0.15, 0.2) is 65.6 Å². The number of rotatable bonds is 6. The summed E-state index contributed by atoms with van der Waals surface area (Å²) in [6.45, 7) is 7.79. The molecule has 0 atom stereocenters. The van der Waals surface area contributed by atoms with Gasteiger partial charge in [0.2, 0.25) is 0 Å². The van der Waals surface area contributed by atoms with Crippen molar-refractivity contribution in [2.75, 3.05) is 5.32 Å². The Kier molecular flexibility index (Phi) is 8.25. The molecule has 0 bridgehead atoms. The van der Waals surface area contributed by atoms with Gasteiger partial charge < -0.3 is 5.11 Å². The highest BCUT2D eigenvalue weighted by Gasteiger charge is 2.18. The van der Waals surface area contributed by atoms with Crippen LogP contribution in [0.25, 0.3) is 28.5 Å². The lowest BCUT2D eigenvalue weighted by Crippen LogP contribution is -2.12. The highest BCUT2D eigenvalue weighted by Crippen LogP contribution is 2.34. The number of benzene rings is 3. The van der Waals surface area contributed by atoms with Crippen molar-refractivity contribution in [1.82, 2.24) is 4.98 Å². The fourth-order valence-electron chi connectivity index (χ4n) is 3.86. The largest absolute Gasteiger partial charge is 0.478 e. The summed E-state index contributed by atoms with van der Waals surface area (Å²) in [4.78, 5) is 28.4. The van der Waals surface area contributed by atoms with Gasteiger partial charge in [-0.1, -0.05) is 80.4 Å². The molecule has 200 valence electrons. The van der Waals surface area contributed by atoms with Crippen LogP contribution in [0, 0.1) is 5.82 Å². The van der Waals surface area contributed by atoms with E-state index in [1.165, 1.54) is 25.1 Å². The molecule has 0 aliphatic heterocycles. The van der Waals surface area contributed by atoms with Crippen molar-refractivity contribution in [3.8, 4) is 22.4 Å². The Bertz CT molecular complexity index is 1580. The average molecular weight is 584 g/mol. The minimum absolute atomic E-state index is 0.00447. The Morgan fingerprint density at radius 2 is 1.64 bits per heavy atom. The van der Waals surface area contributed by atoms with E-state index in [4.69, 9.17) is 28.3 Å². The van der Waals surface area contributed by atoms with Crippen molar-refractivity contribution >= 4 is 57.6 Å². The molecule has 0 unspecified atom stereocenters. The van der Waals surface area contributed by atoms with Gasteiger partial charge in [0.05, 0.1) is 15.7 Å². The van der Waals surface area contributed by atoms with Gasteiger partial charge >= 0.3 is 5.97 Å². The zero-order valence-electron chi connectivity index (χ0n) is 21.6. The Labute approximate surface area is 239 Å². The standard InChI is InChI=1S/C30H25Cl2FN2O3S/c1-16(28(37)38)12-22-23(31)13-18(14-24(22)32)27(36)35-29-34-25(15-39-29)21-7-5-6-20(26(21)33)17-8-10-19(11-9-17)30(2,3)4/h5-15H,1-4H3,(H,37,38)(H,34,35,36)/b16-12+. The van der Waals surface area contributed by atoms with Gasteiger partial charge in [-0.25, -0.2) is 14.2 Å². The summed E-state index contributed by atoms with van der Waals surface area (Å²) in [7, 11) is 0. The maximum Gasteiger partial charge on any atom is 0.331 e. The highest BCUT2D eigenvalue weighted by molar-refractivity contribution is 7.14. The number of aromatic nitrogens is 1. The molecule has 0 saturated heterocycles. The fraction of sp³-hybridized carbons (Fsp3) is 0.167. The molecule has 1 amide bonds. The molecule has 2 N–H and O–H groups in total. The predicted molar refractivity (Wildman–Crippen MR) is 157 cm³/mol. The summed E-state index contributed by atoms with van der Waals surface area (Å²) in [6, 6.07) is 15.8. The first-order valence-electron chi connectivity index (χ1n) is 11.9. The SMILES string of the molecule is C/C(=C\c1c(Cl)cc(C(=O)Nc2nc(-c3cccc(-c4ccc(C(C)(C)C)cc4)c3F)cs2)cc1Cl)C(=O)O. The zero-order chi connectivity index (χ0) is 28.5. The van der Waals surface area contributed by atoms with Crippen LogP contribution >= 0.6 is 34.5 Å². The molecule has 1 heterocycles. The van der Waals surface area contributed by atoms with E-state index in [2.05, 4.69) is 31.1 Å². The van der Waals surface area contributed by atoms with Crippen LogP contribution in [0.4, 0.5) is 9.52 Å². The first-order valence-corrected chi connectivity index (χ1v) is 13.6. The van der Waals surface area contributed by atoms with Crippen LogP contribution in [0.2, 0.25) is 10.0 Å². The topological polar surface area (TPSA) is 79.3 Å². The number of aliphatic carboxylic acids is 1. The minimum atomic E-state index is -1.11. The first kappa shape index (κ1) is 28.5. The molecule has 5 nitrogen and oxygen atoms in total. The van der Waals surface area contributed by atoms with Gasteiger partial charge in [-0.15, -0.1) is 11.3 Å².